The Kier molecular flexibility index (Phi) is 4.03. The van der Waals surface area contributed by atoms with Crippen LogP contribution in [0.3, 0.4) is 0 Å². The second-order valence-corrected chi connectivity index (χ2v) is 5.60. The molecule has 2 saturated heterocycles. The number of H-pyrrole nitrogens is 1. The van der Waals surface area contributed by atoms with Gasteiger partial charge in [0.05, 0.1) is 37.7 Å². The van der Waals surface area contributed by atoms with Crippen LogP contribution in [0.15, 0.2) is 6.20 Å². The summed E-state index contributed by atoms with van der Waals surface area (Å²) in [6, 6.07) is 0.172. The number of aromatic nitrogens is 2. The summed E-state index contributed by atoms with van der Waals surface area (Å²) in [7, 11) is 0. The minimum Gasteiger partial charge on any atom is -0.379 e. The molecule has 0 saturated carbocycles. The van der Waals surface area contributed by atoms with Crippen molar-refractivity contribution in [3.63, 3.8) is 0 Å². The summed E-state index contributed by atoms with van der Waals surface area (Å²) >= 11 is 0. The number of likely N-dealkylation sites (tertiary alicyclic amines) is 1. The Balaban J connectivity index is 1.65. The number of aryl methyl sites for hydroxylation is 1. The number of aromatic amines is 1. The number of rotatable bonds is 3. The predicted octanol–water partition coefficient (Wildman–Crippen LogP) is 0.714. The van der Waals surface area contributed by atoms with Crippen molar-refractivity contribution >= 4 is 5.91 Å². The van der Waals surface area contributed by atoms with Crippen molar-refractivity contribution in [2.75, 3.05) is 39.4 Å². The van der Waals surface area contributed by atoms with Crippen LogP contribution in [0, 0.1) is 6.92 Å². The van der Waals surface area contributed by atoms with E-state index >= 15 is 0 Å². The summed E-state index contributed by atoms with van der Waals surface area (Å²) in [5, 5.41) is 7.14. The first-order valence-corrected chi connectivity index (χ1v) is 7.35. The van der Waals surface area contributed by atoms with Crippen LogP contribution >= 0.6 is 0 Å². The van der Waals surface area contributed by atoms with Gasteiger partial charge in [0, 0.05) is 19.6 Å². The van der Waals surface area contributed by atoms with Crippen LogP contribution in [-0.2, 0) is 9.53 Å². The molecule has 110 valence electrons. The number of hydrogen-bond acceptors (Lipinski definition) is 4. The van der Waals surface area contributed by atoms with Gasteiger partial charge in [-0.05, 0) is 25.3 Å². The van der Waals surface area contributed by atoms with Gasteiger partial charge < -0.3 is 9.64 Å². The highest BCUT2D eigenvalue weighted by molar-refractivity contribution is 5.79. The van der Waals surface area contributed by atoms with E-state index in [1.165, 1.54) is 0 Å². The molecule has 1 atom stereocenters. The van der Waals surface area contributed by atoms with Crippen LogP contribution in [0.5, 0.6) is 0 Å². The molecule has 2 aliphatic heterocycles. The largest absolute Gasteiger partial charge is 0.379 e. The highest BCUT2D eigenvalue weighted by Crippen LogP contribution is 2.32. The molecule has 6 nitrogen and oxygen atoms in total. The maximum absolute atomic E-state index is 12.5. The lowest BCUT2D eigenvalue weighted by Crippen LogP contribution is -2.44. The highest BCUT2D eigenvalue weighted by Gasteiger charge is 2.32. The second-order valence-electron chi connectivity index (χ2n) is 5.60. The lowest BCUT2D eigenvalue weighted by Gasteiger charge is -2.30. The molecular weight excluding hydrogens is 256 g/mol. The van der Waals surface area contributed by atoms with Crippen molar-refractivity contribution in [3.8, 4) is 0 Å². The van der Waals surface area contributed by atoms with Gasteiger partial charge in [-0.25, -0.2) is 0 Å². The van der Waals surface area contributed by atoms with Crippen molar-refractivity contribution in [3.05, 3.63) is 17.5 Å². The third-order valence-electron chi connectivity index (χ3n) is 4.24. The number of morpholine rings is 1. The first-order valence-electron chi connectivity index (χ1n) is 7.35. The zero-order chi connectivity index (χ0) is 13.9. The molecule has 0 spiro atoms. The second kappa shape index (κ2) is 5.93. The first kappa shape index (κ1) is 13.6. The van der Waals surface area contributed by atoms with Crippen molar-refractivity contribution in [1.82, 2.24) is 20.0 Å². The molecule has 2 fully saturated rings. The Morgan fingerprint density at radius 3 is 2.95 bits per heavy atom. The normalized spacial score (nSPS) is 24.2. The van der Waals surface area contributed by atoms with E-state index in [2.05, 4.69) is 15.1 Å². The number of nitrogens with one attached hydrogen (secondary N) is 1. The average molecular weight is 278 g/mol. The van der Waals surface area contributed by atoms with E-state index in [0.29, 0.717) is 6.54 Å². The molecule has 0 aliphatic carbocycles. The van der Waals surface area contributed by atoms with Crippen molar-refractivity contribution < 1.29 is 9.53 Å². The summed E-state index contributed by atoms with van der Waals surface area (Å²) in [6.07, 6.45) is 3.92. The molecule has 1 amide bonds. The van der Waals surface area contributed by atoms with E-state index in [4.69, 9.17) is 4.74 Å². The molecule has 6 heteroatoms. The Bertz CT molecular complexity index is 467. The average Bonchev–Trinajstić information content (AvgIpc) is 3.07. The van der Waals surface area contributed by atoms with Crippen LogP contribution in [0.25, 0.3) is 0 Å². The monoisotopic (exact) mass is 278 g/mol. The standard InChI is InChI=1S/C14H22N4O2/c1-11-9-15-16-14(11)12-3-2-4-18(12)13(19)10-17-5-7-20-8-6-17/h9,12H,2-8,10H2,1H3,(H,15,16)/t12-/m1/s1. The fraction of sp³-hybridized carbons (Fsp3) is 0.714. The lowest BCUT2D eigenvalue weighted by atomic mass is 10.1. The zero-order valence-corrected chi connectivity index (χ0v) is 12.0. The van der Waals surface area contributed by atoms with Crippen LogP contribution in [-0.4, -0.2) is 65.3 Å². The summed E-state index contributed by atoms with van der Waals surface area (Å²) in [6.45, 7) is 6.58. The van der Waals surface area contributed by atoms with Gasteiger partial charge in [0.25, 0.3) is 0 Å². The number of ether oxygens (including phenoxy) is 1. The summed E-state index contributed by atoms with van der Waals surface area (Å²) in [5.41, 5.74) is 2.24. The van der Waals surface area contributed by atoms with Gasteiger partial charge in [-0.3, -0.25) is 14.8 Å². The van der Waals surface area contributed by atoms with E-state index < -0.39 is 0 Å². The van der Waals surface area contributed by atoms with Crippen LogP contribution in [0.4, 0.5) is 0 Å². The predicted molar refractivity (Wildman–Crippen MR) is 74.3 cm³/mol. The maximum Gasteiger partial charge on any atom is 0.237 e. The van der Waals surface area contributed by atoms with Crippen LogP contribution in [0.2, 0.25) is 0 Å². The molecular formula is C14H22N4O2. The molecule has 3 heterocycles. The summed E-state index contributed by atoms with van der Waals surface area (Å²) in [4.78, 5) is 16.7. The molecule has 3 rings (SSSR count). The van der Waals surface area contributed by atoms with Gasteiger partial charge in [-0.2, -0.15) is 5.10 Å². The molecule has 1 aromatic heterocycles. The molecule has 1 N–H and O–H groups in total. The highest BCUT2D eigenvalue weighted by atomic mass is 16.5. The van der Waals surface area contributed by atoms with Gasteiger partial charge in [0.1, 0.15) is 0 Å². The van der Waals surface area contributed by atoms with E-state index in [0.717, 1.165) is 56.9 Å². The molecule has 0 aromatic carbocycles. The Hall–Kier alpha value is -1.40. The number of carbonyl (C=O) groups is 1. The minimum atomic E-state index is 0.172. The summed E-state index contributed by atoms with van der Waals surface area (Å²) in [5.74, 6) is 0.225. The van der Waals surface area contributed by atoms with Gasteiger partial charge in [0.2, 0.25) is 5.91 Å². The lowest BCUT2D eigenvalue weighted by molar-refractivity contribution is -0.134. The van der Waals surface area contributed by atoms with Crippen LogP contribution < -0.4 is 0 Å². The van der Waals surface area contributed by atoms with E-state index in [1.54, 1.807) is 0 Å². The fourth-order valence-electron chi connectivity index (χ4n) is 3.10. The van der Waals surface area contributed by atoms with Crippen LogP contribution in [0.1, 0.15) is 30.1 Å². The van der Waals surface area contributed by atoms with Crippen molar-refractivity contribution in [1.29, 1.82) is 0 Å². The number of nitrogens with zero attached hydrogens (tertiary/aromatic N) is 3. The third kappa shape index (κ3) is 2.71. The van der Waals surface area contributed by atoms with E-state index in [9.17, 15) is 4.79 Å². The molecule has 2 aliphatic rings. The topological polar surface area (TPSA) is 61.5 Å². The number of amides is 1. The Labute approximate surface area is 119 Å². The van der Waals surface area contributed by atoms with Gasteiger partial charge in [-0.15, -0.1) is 0 Å². The Morgan fingerprint density at radius 2 is 2.25 bits per heavy atom. The zero-order valence-electron chi connectivity index (χ0n) is 12.0. The van der Waals surface area contributed by atoms with Gasteiger partial charge in [-0.1, -0.05) is 0 Å². The SMILES string of the molecule is Cc1cn[nH]c1[C@H]1CCCN1C(=O)CN1CCOCC1. The smallest absolute Gasteiger partial charge is 0.237 e. The molecule has 0 radical (unpaired) electrons. The van der Waals surface area contributed by atoms with E-state index in [-0.39, 0.29) is 11.9 Å². The summed E-state index contributed by atoms with van der Waals surface area (Å²) < 4.78 is 5.32. The minimum absolute atomic E-state index is 0.172. The quantitative estimate of drug-likeness (QED) is 0.885. The number of carbonyl (C=O) groups excluding carboxylic acids is 1. The molecule has 0 bridgehead atoms. The van der Waals surface area contributed by atoms with Crippen molar-refractivity contribution in [2.24, 2.45) is 0 Å². The maximum atomic E-state index is 12.5. The molecule has 20 heavy (non-hydrogen) atoms. The Morgan fingerprint density at radius 1 is 1.45 bits per heavy atom. The fourth-order valence-corrected chi connectivity index (χ4v) is 3.10. The first-order chi connectivity index (χ1) is 9.75. The third-order valence-corrected chi connectivity index (χ3v) is 4.24. The molecule has 0 unspecified atom stereocenters. The van der Waals surface area contributed by atoms with Gasteiger partial charge >= 0.3 is 0 Å². The number of hydrogen-bond donors (Lipinski definition) is 1. The van der Waals surface area contributed by atoms with Gasteiger partial charge in [0.15, 0.2) is 0 Å². The van der Waals surface area contributed by atoms with E-state index in [1.807, 2.05) is 18.0 Å². The van der Waals surface area contributed by atoms with Crippen molar-refractivity contribution in [2.45, 2.75) is 25.8 Å². The molecule has 1 aromatic rings.